The van der Waals surface area contributed by atoms with Crippen LogP contribution in [0.2, 0.25) is 0 Å². The van der Waals surface area contributed by atoms with E-state index in [2.05, 4.69) is 23.6 Å². The van der Waals surface area contributed by atoms with Gasteiger partial charge in [0.2, 0.25) is 5.91 Å². The second-order valence-electron chi connectivity index (χ2n) is 5.23. The maximum Gasteiger partial charge on any atom is 0.221 e. The van der Waals surface area contributed by atoms with Crippen molar-refractivity contribution in [3.05, 3.63) is 29.8 Å². The highest BCUT2D eigenvalue weighted by Crippen LogP contribution is 2.26. The van der Waals surface area contributed by atoms with Gasteiger partial charge in [0.25, 0.3) is 0 Å². The minimum Gasteiger partial charge on any atom is -0.326 e. The van der Waals surface area contributed by atoms with Crippen molar-refractivity contribution in [2.75, 3.05) is 11.9 Å². The molecule has 1 fully saturated rings. The summed E-state index contributed by atoms with van der Waals surface area (Å²) in [5, 5.41) is 6.39. The van der Waals surface area contributed by atoms with Crippen molar-refractivity contribution in [2.45, 2.75) is 39.2 Å². The van der Waals surface area contributed by atoms with Gasteiger partial charge in [-0.25, -0.2) is 0 Å². The fourth-order valence-electron chi connectivity index (χ4n) is 2.25. The first-order chi connectivity index (χ1) is 8.65. The Morgan fingerprint density at radius 1 is 1.44 bits per heavy atom. The van der Waals surface area contributed by atoms with Gasteiger partial charge in [-0.2, -0.15) is 0 Å². The van der Waals surface area contributed by atoms with Crippen molar-refractivity contribution >= 4 is 11.6 Å². The zero-order valence-corrected chi connectivity index (χ0v) is 11.2. The normalized spacial score (nSPS) is 17.0. The fraction of sp³-hybridized carbons (Fsp3) is 0.533. The fourth-order valence-corrected chi connectivity index (χ4v) is 2.25. The Kier molecular flexibility index (Phi) is 4.37. The third kappa shape index (κ3) is 3.57. The van der Waals surface area contributed by atoms with Gasteiger partial charge in [0.15, 0.2) is 0 Å². The van der Waals surface area contributed by atoms with Crippen molar-refractivity contribution in [2.24, 2.45) is 5.92 Å². The number of hydrogen-bond donors (Lipinski definition) is 2. The molecule has 0 aromatic heterocycles. The van der Waals surface area contributed by atoms with Crippen molar-refractivity contribution in [1.82, 2.24) is 5.32 Å². The van der Waals surface area contributed by atoms with Crippen molar-refractivity contribution < 1.29 is 4.79 Å². The van der Waals surface area contributed by atoms with Gasteiger partial charge in [-0.3, -0.25) is 4.79 Å². The molecule has 18 heavy (non-hydrogen) atoms. The number of nitrogens with one attached hydrogen (secondary N) is 2. The van der Waals surface area contributed by atoms with E-state index in [9.17, 15) is 4.79 Å². The number of carbonyl (C=O) groups excluding carboxylic acids is 1. The van der Waals surface area contributed by atoms with E-state index in [1.54, 1.807) is 0 Å². The van der Waals surface area contributed by atoms with E-state index in [1.807, 2.05) is 18.2 Å². The zero-order valence-electron chi connectivity index (χ0n) is 11.2. The van der Waals surface area contributed by atoms with Crippen LogP contribution < -0.4 is 10.6 Å². The van der Waals surface area contributed by atoms with Crippen LogP contribution in [-0.4, -0.2) is 12.5 Å². The first kappa shape index (κ1) is 13.1. The second kappa shape index (κ2) is 6.01. The Labute approximate surface area is 109 Å². The summed E-state index contributed by atoms with van der Waals surface area (Å²) in [5.41, 5.74) is 2.10. The lowest BCUT2D eigenvalue weighted by molar-refractivity contribution is -0.114. The molecule has 1 saturated carbocycles. The minimum atomic E-state index is -0.0257. The molecule has 1 aromatic carbocycles. The first-order valence-corrected chi connectivity index (χ1v) is 6.76. The SMILES string of the molecule is CC(=O)Nc1cccc(C(C)NCC2CCC2)c1. The summed E-state index contributed by atoms with van der Waals surface area (Å²) in [6, 6.07) is 8.38. The molecular weight excluding hydrogens is 224 g/mol. The molecule has 1 amide bonds. The number of benzene rings is 1. The molecule has 0 bridgehead atoms. The van der Waals surface area contributed by atoms with E-state index in [0.29, 0.717) is 6.04 Å². The average molecular weight is 246 g/mol. The maximum absolute atomic E-state index is 11.0. The van der Waals surface area contributed by atoms with Gasteiger partial charge in [-0.15, -0.1) is 0 Å². The summed E-state index contributed by atoms with van der Waals surface area (Å²) in [7, 11) is 0. The molecule has 0 aliphatic heterocycles. The van der Waals surface area contributed by atoms with Gasteiger partial charge in [0.1, 0.15) is 0 Å². The second-order valence-corrected chi connectivity index (χ2v) is 5.23. The summed E-state index contributed by atoms with van der Waals surface area (Å²) in [6.45, 7) is 4.81. The van der Waals surface area contributed by atoms with Gasteiger partial charge in [0.05, 0.1) is 0 Å². The van der Waals surface area contributed by atoms with E-state index in [0.717, 1.165) is 18.2 Å². The Hall–Kier alpha value is -1.35. The summed E-state index contributed by atoms with van der Waals surface area (Å²) in [4.78, 5) is 11.0. The largest absolute Gasteiger partial charge is 0.326 e. The molecule has 1 aromatic rings. The lowest BCUT2D eigenvalue weighted by atomic mass is 9.85. The molecule has 1 unspecified atom stereocenters. The molecule has 1 aliphatic carbocycles. The van der Waals surface area contributed by atoms with Gasteiger partial charge < -0.3 is 10.6 Å². The van der Waals surface area contributed by atoms with Crippen LogP contribution in [0, 0.1) is 5.92 Å². The van der Waals surface area contributed by atoms with Crippen LogP contribution in [0.5, 0.6) is 0 Å². The third-order valence-electron chi connectivity index (χ3n) is 3.64. The highest BCUT2D eigenvalue weighted by Gasteiger charge is 2.18. The van der Waals surface area contributed by atoms with Gasteiger partial charge in [-0.05, 0) is 49.9 Å². The van der Waals surface area contributed by atoms with E-state index in [-0.39, 0.29) is 5.91 Å². The first-order valence-electron chi connectivity index (χ1n) is 6.76. The Bertz CT molecular complexity index is 413. The van der Waals surface area contributed by atoms with Crippen LogP contribution in [0.1, 0.15) is 44.7 Å². The molecule has 3 nitrogen and oxygen atoms in total. The molecule has 0 radical (unpaired) electrons. The number of rotatable bonds is 5. The maximum atomic E-state index is 11.0. The van der Waals surface area contributed by atoms with Crippen LogP contribution in [0.4, 0.5) is 5.69 Å². The lowest BCUT2D eigenvalue weighted by Gasteiger charge is -2.27. The topological polar surface area (TPSA) is 41.1 Å². The minimum absolute atomic E-state index is 0.0257. The summed E-state index contributed by atoms with van der Waals surface area (Å²) < 4.78 is 0. The number of anilines is 1. The molecule has 0 spiro atoms. The Balaban J connectivity index is 1.91. The molecule has 2 N–H and O–H groups in total. The standard InChI is InChI=1S/C15H22N2O/c1-11(16-10-13-5-3-6-13)14-7-4-8-15(9-14)17-12(2)18/h4,7-9,11,13,16H,3,5-6,10H2,1-2H3,(H,17,18). The number of carbonyl (C=O) groups is 1. The average Bonchev–Trinajstić information content (AvgIpc) is 2.26. The van der Waals surface area contributed by atoms with Crippen LogP contribution in [0.15, 0.2) is 24.3 Å². The monoisotopic (exact) mass is 246 g/mol. The summed E-state index contributed by atoms with van der Waals surface area (Å²) >= 11 is 0. The molecule has 0 heterocycles. The molecule has 0 saturated heterocycles. The van der Waals surface area contributed by atoms with E-state index in [4.69, 9.17) is 0 Å². The molecule has 1 aliphatic rings. The highest BCUT2D eigenvalue weighted by molar-refractivity contribution is 5.88. The number of hydrogen-bond acceptors (Lipinski definition) is 2. The smallest absolute Gasteiger partial charge is 0.221 e. The van der Waals surface area contributed by atoms with Gasteiger partial charge in [-0.1, -0.05) is 18.6 Å². The van der Waals surface area contributed by atoms with E-state index < -0.39 is 0 Å². The highest BCUT2D eigenvalue weighted by atomic mass is 16.1. The van der Waals surface area contributed by atoms with Crippen LogP contribution >= 0.6 is 0 Å². The third-order valence-corrected chi connectivity index (χ3v) is 3.64. The van der Waals surface area contributed by atoms with Crippen molar-refractivity contribution in [3.63, 3.8) is 0 Å². The molecular formula is C15H22N2O. The summed E-state index contributed by atoms with van der Waals surface area (Å²) in [6.07, 6.45) is 4.12. The molecule has 1 atom stereocenters. The predicted octanol–water partition coefficient (Wildman–Crippen LogP) is 3.10. The van der Waals surface area contributed by atoms with E-state index >= 15 is 0 Å². The van der Waals surface area contributed by atoms with Crippen LogP contribution in [0.3, 0.4) is 0 Å². The van der Waals surface area contributed by atoms with E-state index in [1.165, 1.54) is 31.7 Å². The van der Waals surface area contributed by atoms with Crippen molar-refractivity contribution in [3.8, 4) is 0 Å². The Morgan fingerprint density at radius 3 is 2.83 bits per heavy atom. The summed E-state index contributed by atoms with van der Waals surface area (Å²) in [5.74, 6) is 0.841. The zero-order chi connectivity index (χ0) is 13.0. The molecule has 2 rings (SSSR count). The lowest BCUT2D eigenvalue weighted by Crippen LogP contribution is -2.29. The van der Waals surface area contributed by atoms with Crippen molar-refractivity contribution in [1.29, 1.82) is 0 Å². The predicted molar refractivity (Wildman–Crippen MR) is 74.5 cm³/mol. The molecule has 98 valence electrons. The quantitative estimate of drug-likeness (QED) is 0.838. The number of amides is 1. The Morgan fingerprint density at radius 2 is 2.22 bits per heavy atom. The van der Waals surface area contributed by atoms with Gasteiger partial charge in [0, 0.05) is 18.7 Å². The van der Waals surface area contributed by atoms with Crippen LogP contribution in [-0.2, 0) is 4.79 Å². The molecule has 3 heteroatoms. The van der Waals surface area contributed by atoms with Crippen LogP contribution in [0.25, 0.3) is 0 Å². The van der Waals surface area contributed by atoms with Gasteiger partial charge >= 0.3 is 0 Å².